The fraction of sp³-hybridized carbons (Fsp3) is 1.00. The Morgan fingerprint density at radius 3 is 2.24 bits per heavy atom. The van der Waals surface area contributed by atoms with Gasteiger partial charge in [-0.3, -0.25) is 0 Å². The Morgan fingerprint density at radius 2 is 1.82 bits per heavy atom. The Hall–Kier alpha value is -0.120. The summed E-state index contributed by atoms with van der Waals surface area (Å²) in [6.07, 6.45) is 9.40. The van der Waals surface area contributed by atoms with Crippen LogP contribution in [0.2, 0.25) is 0 Å². The Balaban J connectivity index is 2.22. The molecule has 0 aliphatic heterocycles. The third-order valence-electron chi connectivity index (χ3n) is 4.99. The first kappa shape index (κ1) is 13.3. The maximum Gasteiger partial charge on any atom is 0.0975 e. The number of methoxy groups -OCH3 is 1. The zero-order valence-corrected chi connectivity index (χ0v) is 11.1. The van der Waals surface area contributed by atoms with Gasteiger partial charge in [-0.15, -0.1) is 0 Å². The molecule has 0 saturated heterocycles. The average molecular weight is 241 g/mol. The summed E-state index contributed by atoms with van der Waals surface area (Å²) in [7, 11) is 1.69. The first-order valence-corrected chi connectivity index (χ1v) is 7.10. The molecule has 0 aromatic carbocycles. The van der Waals surface area contributed by atoms with Crippen LogP contribution in [-0.2, 0) is 4.74 Å². The minimum absolute atomic E-state index is 0.0966. The molecular weight excluding hydrogens is 214 g/mol. The summed E-state index contributed by atoms with van der Waals surface area (Å²) in [5, 5.41) is 11.1. The highest BCUT2D eigenvalue weighted by atomic mass is 16.5. The SMILES string of the molecule is COCC(O)(C1CC1)C1(CN)CCCCCC1. The van der Waals surface area contributed by atoms with E-state index in [0.717, 1.165) is 25.7 Å². The molecule has 0 bridgehead atoms. The van der Waals surface area contributed by atoms with E-state index in [0.29, 0.717) is 19.1 Å². The van der Waals surface area contributed by atoms with Gasteiger partial charge in [-0.1, -0.05) is 25.7 Å². The minimum Gasteiger partial charge on any atom is -0.387 e. The van der Waals surface area contributed by atoms with Crippen molar-refractivity contribution in [3.63, 3.8) is 0 Å². The molecule has 1 unspecified atom stereocenters. The zero-order valence-electron chi connectivity index (χ0n) is 11.1. The lowest BCUT2D eigenvalue weighted by atomic mass is 9.64. The molecule has 2 aliphatic rings. The number of hydrogen-bond donors (Lipinski definition) is 2. The van der Waals surface area contributed by atoms with E-state index < -0.39 is 5.60 Å². The maximum absolute atomic E-state index is 11.1. The second kappa shape index (κ2) is 5.25. The highest BCUT2D eigenvalue weighted by Gasteiger charge is 2.56. The van der Waals surface area contributed by atoms with Crippen LogP contribution in [0, 0.1) is 11.3 Å². The molecule has 0 spiro atoms. The summed E-state index contributed by atoms with van der Waals surface area (Å²) in [6, 6.07) is 0. The summed E-state index contributed by atoms with van der Waals surface area (Å²) < 4.78 is 5.32. The molecule has 0 radical (unpaired) electrons. The molecular formula is C14H27NO2. The molecule has 0 heterocycles. The van der Waals surface area contributed by atoms with Gasteiger partial charge in [0.1, 0.15) is 0 Å². The van der Waals surface area contributed by atoms with Gasteiger partial charge < -0.3 is 15.6 Å². The Kier molecular flexibility index (Phi) is 4.11. The van der Waals surface area contributed by atoms with Gasteiger partial charge in [0.25, 0.3) is 0 Å². The van der Waals surface area contributed by atoms with Crippen molar-refractivity contribution in [2.24, 2.45) is 17.1 Å². The van der Waals surface area contributed by atoms with E-state index in [9.17, 15) is 5.11 Å². The van der Waals surface area contributed by atoms with Gasteiger partial charge in [0.05, 0.1) is 12.2 Å². The number of nitrogens with two attached hydrogens (primary N) is 1. The lowest BCUT2D eigenvalue weighted by Crippen LogP contribution is -2.56. The number of ether oxygens (including phenoxy) is 1. The molecule has 3 nitrogen and oxygen atoms in total. The van der Waals surface area contributed by atoms with Crippen molar-refractivity contribution in [1.82, 2.24) is 0 Å². The molecule has 2 aliphatic carbocycles. The highest BCUT2D eigenvalue weighted by Crippen LogP contribution is 2.53. The fourth-order valence-electron chi connectivity index (χ4n) is 3.70. The van der Waals surface area contributed by atoms with Crippen LogP contribution in [0.4, 0.5) is 0 Å². The molecule has 2 saturated carbocycles. The van der Waals surface area contributed by atoms with Gasteiger partial charge >= 0.3 is 0 Å². The summed E-state index contributed by atoms with van der Waals surface area (Å²) in [4.78, 5) is 0. The number of aliphatic hydroxyl groups is 1. The topological polar surface area (TPSA) is 55.5 Å². The van der Waals surface area contributed by atoms with Crippen LogP contribution in [0.15, 0.2) is 0 Å². The van der Waals surface area contributed by atoms with Crippen LogP contribution in [0.1, 0.15) is 51.4 Å². The van der Waals surface area contributed by atoms with E-state index in [4.69, 9.17) is 10.5 Å². The van der Waals surface area contributed by atoms with Crippen LogP contribution >= 0.6 is 0 Å². The normalized spacial score (nSPS) is 28.4. The predicted molar refractivity (Wildman–Crippen MR) is 68.7 cm³/mol. The standard InChI is InChI=1S/C14H27NO2/c1-17-11-14(16,12-6-7-12)13(10-15)8-4-2-3-5-9-13/h12,16H,2-11,15H2,1H3. The summed E-state index contributed by atoms with van der Waals surface area (Å²) >= 11 is 0. The van der Waals surface area contributed by atoms with E-state index >= 15 is 0 Å². The first-order chi connectivity index (χ1) is 8.18. The summed E-state index contributed by atoms with van der Waals surface area (Å²) in [5.41, 5.74) is 5.30. The van der Waals surface area contributed by atoms with E-state index in [2.05, 4.69) is 0 Å². The number of rotatable bonds is 5. The molecule has 1 atom stereocenters. The second-order valence-corrected chi connectivity index (χ2v) is 6.03. The maximum atomic E-state index is 11.1. The molecule has 3 heteroatoms. The number of hydrogen-bond acceptors (Lipinski definition) is 3. The third kappa shape index (κ3) is 2.38. The zero-order chi connectivity index (χ0) is 12.4. The van der Waals surface area contributed by atoms with Crippen LogP contribution in [0.3, 0.4) is 0 Å². The Labute approximate surface area is 105 Å². The highest BCUT2D eigenvalue weighted by molar-refractivity contribution is 5.08. The van der Waals surface area contributed by atoms with E-state index in [1.807, 2.05) is 0 Å². The van der Waals surface area contributed by atoms with Crippen LogP contribution in [0.5, 0.6) is 0 Å². The van der Waals surface area contributed by atoms with Crippen molar-refractivity contribution >= 4 is 0 Å². The molecule has 100 valence electrons. The molecule has 3 N–H and O–H groups in total. The fourth-order valence-corrected chi connectivity index (χ4v) is 3.70. The lowest BCUT2D eigenvalue weighted by molar-refractivity contribution is -0.143. The summed E-state index contributed by atoms with van der Waals surface area (Å²) in [6.45, 7) is 1.05. The van der Waals surface area contributed by atoms with Gasteiger partial charge in [0.2, 0.25) is 0 Å². The van der Waals surface area contributed by atoms with Gasteiger partial charge in [-0.25, -0.2) is 0 Å². The second-order valence-electron chi connectivity index (χ2n) is 6.03. The van der Waals surface area contributed by atoms with E-state index in [1.165, 1.54) is 25.7 Å². The molecule has 0 aromatic rings. The van der Waals surface area contributed by atoms with Gasteiger partial charge in [0.15, 0.2) is 0 Å². The molecule has 0 aromatic heterocycles. The molecule has 2 fully saturated rings. The van der Waals surface area contributed by atoms with Gasteiger partial charge in [-0.2, -0.15) is 0 Å². The molecule has 17 heavy (non-hydrogen) atoms. The third-order valence-corrected chi connectivity index (χ3v) is 4.99. The lowest BCUT2D eigenvalue weighted by Gasteiger charge is -2.47. The summed E-state index contributed by atoms with van der Waals surface area (Å²) in [5.74, 6) is 0.420. The van der Waals surface area contributed by atoms with E-state index in [-0.39, 0.29) is 5.41 Å². The van der Waals surface area contributed by atoms with Crippen LogP contribution in [0.25, 0.3) is 0 Å². The molecule has 2 rings (SSSR count). The van der Waals surface area contributed by atoms with Crippen LogP contribution < -0.4 is 5.73 Å². The minimum atomic E-state index is -0.680. The Morgan fingerprint density at radius 1 is 1.24 bits per heavy atom. The van der Waals surface area contributed by atoms with Crippen molar-refractivity contribution in [3.05, 3.63) is 0 Å². The quantitative estimate of drug-likeness (QED) is 0.725. The van der Waals surface area contributed by atoms with Crippen molar-refractivity contribution < 1.29 is 9.84 Å². The van der Waals surface area contributed by atoms with Gasteiger partial charge in [-0.05, 0) is 31.6 Å². The van der Waals surface area contributed by atoms with Gasteiger partial charge in [0, 0.05) is 19.1 Å². The van der Waals surface area contributed by atoms with Crippen LogP contribution in [-0.4, -0.2) is 31.0 Å². The molecule has 0 amide bonds. The van der Waals surface area contributed by atoms with E-state index in [1.54, 1.807) is 7.11 Å². The largest absolute Gasteiger partial charge is 0.387 e. The first-order valence-electron chi connectivity index (χ1n) is 7.10. The van der Waals surface area contributed by atoms with Crippen molar-refractivity contribution in [2.45, 2.75) is 57.0 Å². The predicted octanol–water partition coefficient (Wildman–Crippen LogP) is 2.07. The smallest absolute Gasteiger partial charge is 0.0975 e. The van der Waals surface area contributed by atoms with Crippen molar-refractivity contribution in [2.75, 3.05) is 20.3 Å². The average Bonchev–Trinajstić information content (AvgIpc) is 3.16. The van der Waals surface area contributed by atoms with Crippen molar-refractivity contribution in [1.29, 1.82) is 0 Å². The van der Waals surface area contributed by atoms with Crippen molar-refractivity contribution in [3.8, 4) is 0 Å². The Bertz CT molecular complexity index is 245. The monoisotopic (exact) mass is 241 g/mol.